The Hall–Kier alpha value is -2.18. The van der Waals surface area contributed by atoms with Crippen molar-refractivity contribution in [3.63, 3.8) is 0 Å². The maximum Gasteiger partial charge on any atom is 0.257 e. The minimum atomic E-state index is -0.140. The second-order valence-corrected chi connectivity index (χ2v) is 7.36. The van der Waals surface area contributed by atoms with Crippen molar-refractivity contribution in [2.24, 2.45) is 0 Å². The Morgan fingerprint density at radius 1 is 1.42 bits per heavy atom. The van der Waals surface area contributed by atoms with Gasteiger partial charge in [-0.25, -0.2) is 0 Å². The van der Waals surface area contributed by atoms with E-state index in [1.807, 2.05) is 9.58 Å². The van der Waals surface area contributed by atoms with E-state index in [2.05, 4.69) is 42.9 Å². The lowest BCUT2D eigenvalue weighted by Gasteiger charge is -2.23. The molecule has 1 aliphatic heterocycles. The quantitative estimate of drug-likeness (QED) is 0.863. The number of likely N-dealkylation sites (tertiary alicyclic amines) is 1. The first-order valence-corrected chi connectivity index (χ1v) is 8.48. The number of carbonyl (C=O) groups excluding carboxylic acids is 1. The van der Waals surface area contributed by atoms with Crippen molar-refractivity contribution in [3.8, 4) is 0 Å². The van der Waals surface area contributed by atoms with Gasteiger partial charge in [-0.15, -0.1) is 0 Å². The van der Waals surface area contributed by atoms with Crippen molar-refractivity contribution in [2.75, 3.05) is 13.1 Å². The standard InChI is InChI=1S/C17H25N5O2/c1-6-14-13(9-18-22(14)17(3,4)5)16(23)21-8-7-12(10-21)15-19-11(2)20-24-15/h9,12H,6-8,10H2,1-5H3/t12-/m0/s1. The van der Waals surface area contributed by atoms with Gasteiger partial charge in [0, 0.05) is 13.1 Å². The molecule has 2 aromatic rings. The lowest BCUT2D eigenvalue weighted by molar-refractivity contribution is 0.0788. The van der Waals surface area contributed by atoms with Gasteiger partial charge in [-0.1, -0.05) is 12.1 Å². The second kappa shape index (κ2) is 6.03. The number of hydrogen-bond acceptors (Lipinski definition) is 5. The molecule has 7 heteroatoms. The predicted molar refractivity (Wildman–Crippen MR) is 88.9 cm³/mol. The highest BCUT2D eigenvalue weighted by Crippen LogP contribution is 2.28. The molecule has 7 nitrogen and oxygen atoms in total. The summed E-state index contributed by atoms with van der Waals surface area (Å²) in [6, 6.07) is 0. The molecule has 0 bridgehead atoms. The number of rotatable bonds is 3. The first-order chi connectivity index (χ1) is 11.3. The van der Waals surface area contributed by atoms with Gasteiger partial charge in [-0.2, -0.15) is 10.1 Å². The van der Waals surface area contributed by atoms with E-state index < -0.39 is 0 Å². The average molecular weight is 331 g/mol. The average Bonchev–Trinajstić information content (AvgIpc) is 3.23. The molecule has 0 spiro atoms. The fourth-order valence-corrected chi connectivity index (χ4v) is 3.27. The minimum Gasteiger partial charge on any atom is -0.339 e. The molecule has 0 saturated carbocycles. The van der Waals surface area contributed by atoms with Crippen LogP contribution in [0.2, 0.25) is 0 Å². The predicted octanol–water partition coefficient (Wildman–Crippen LogP) is 2.52. The lowest BCUT2D eigenvalue weighted by atomic mass is 10.1. The van der Waals surface area contributed by atoms with Crippen LogP contribution in [-0.4, -0.2) is 43.8 Å². The van der Waals surface area contributed by atoms with Crippen LogP contribution in [-0.2, 0) is 12.0 Å². The third kappa shape index (κ3) is 2.95. The highest BCUT2D eigenvalue weighted by atomic mass is 16.5. The Morgan fingerprint density at radius 3 is 2.75 bits per heavy atom. The molecular weight excluding hydrogens is 306 g/mol. The summed E-state index contributed by atoms with van der Waals surface area (Å²) in [6.45, 7) is 11.5. The summed E-state index contributed by atoms with van der Waals surface area (Å²) in [5, 5.41) is 8.30. The van der Waals surface area contributed by atoms with Crippen molar-refractivity contribution in [2.45, 2.75) is 58.9 Å². The summed E-state index contributed by atoms with van der Waals surface area (Å²) >= 11 is 0. The van der Waals surface area contributed by atoms with E-state index in [0.717, 1.165) is 18.5 Å². The van der Waals surface area contributed by atoms with Crippen LogP contribution in [0, 0.1) is 6.92 Å². The number of aryl methyl sites for hydroxylation is 1. The zero-order chi connectivity index (χ0) is 17.5. The highest BCUT2D eigenvalue weighted by molar-refractivity contribution is 5.95. The Morgan fingerprint density at radius 2 is 2.17 bits per heavy atom. The summed E-state index contributed by atoms with van der Waals surface area (Å²) in [7, 11) is 0. The second-order valence-electron chi connectivity index (χ2n) is 7.36. The molecule has 1 saturated heterocycles. The van der Waals surface area contributed by atoms with E-state index in [-0.39, 0.29) is 17.4 Å². The van der Waals surface area contributed by atoms with Gasteiger partial charge in [0.05, 0.1) is 28.9 Å². The normalized spacial score (nSPS) is 18.4. The van der Waals surface area contributed by atoms with Gasteiger partial charge in [-0.05, 0) is 40.5 Å². The van der Waals surface area contributed by atoms with Crippen LogP contribution in [0.25, 0.3) is 0 Å². The van der Waals surface area contributed by atoms with Crippen LogP contribution in [0.3, 0.4) is 0 Å². The summed E-state index contributed by atoms with van der Waals surface area (Å²) < 4.78 is 7.21. The van der Waals surface area contributed by atoms with Crippen molar-refractivity contribution in [1.82, 2.24) is 24.8 Å². The zero-order valence-electron chi connectivity index (χ0n) is 15.0. The van der Waals surface area contributed by atoms with Gasteiger partial charge in [0.25, 0.3) is 5.91 Å². The Labute approximate surface area is 142 Å². The molecule has 0 aromatic carbocycles. The van der Waals surface area contributed by atoms with Gasteiger partial charge in [0.2, 0.25) is 5.89 Å². The third-order valence-electron chi connectivity index (χ3n) is 4.44. The monoisotopic (exact) mass is 331 g/mol. The number of hydrogen-bond donors (Lipinski definition) is 0. The zero-order valence-corrected chi connectivity index (χ0v) is 15.0. The Kier molecular flexibility index (Phi) is 4.19. The fourth-order valence-electron chi connectivity index (χ4n) is 3.27. The van der Waals surface area contributed by atoms with Crippen LogP contribution in [0.5, 0.6) is 0 Å². The molecule has 1 atom stereocenters. The third-order valence-corrected chi connectivity index (χ3v) is 4.44. The summed E-state index contributed by atoms with van der Waals surface area (Å²) in [4.78, 5) is 19.1. The van der Waals surface area contributed by atoms with E-state index in [4.69, 9.17) is 4.52 Å². The first-order valence-electron chi connectivity index (χ1n) is 8.48. The minimum absolute atomic E-state index is 0.0427. The van der Waals surface area contributed by atoms with E-state index in [0.29, 0.717) is 30.4 Å². The summed E-state index contributed by atoms with van der Waals surface area (Å²) in [5.74, 6) is 1.43. The number of aromatic nitrogens is 4. The fraction of sp³-hybridized carbons (Fsp3) is 0.647. The molecule has 0 unspecified atom stereocenters. The van der Waals surface area contributed by atoms with Crippen LogP contribution >= 0.6 is 0 Å². The molecular formula is C17H25N5O2. The lowest BCUT2D eigenvalue weighted by Crippen LogP contribution is -2.30. The highest BCUT2D eigenvalue weighted by Gasteiger charge is 2.33. The van der Waals surface area contributed by atoms with E-state index in [1.165, 1.54) is 0 Å². The molecule has 1 fully saturated rings. The van der Waals surface area contributed by atoms with E-state index in [1.54, 1.807) is 13.1 Å². The topological polar surface area (TPSA) is 77.1 Å². The van der Waals surface area contributed by atoms with Crippen LogP contribution < -0.4 is 0 Å². The molecule has 0 aliphatic carbocycles. The SMILES string of the molecule is CCc1c(C(=O)N2CC[C@H](c3nc(C)no3)C2)cnn1C(C)(C)C. The van der Waals surface area contributed by atoms with Crippen molar-refractivity contribution < 1.29 is 9.32 Å². The van der Waals surface area contributed by atoms with Gasteiger partial charge < -0.3 is 9.42 Å². The van der Waals surface area contributed by atoms with Gasteiger partial charge in [-0.3, -0.25) is 9.48 Å². The molecule has 130 valence electrons. The summed E-state index contributed by atoms with van der Waals surface area (Å²) in [5.41, 5.74) is 1.55. The molecule has 3 heterocycles. The maximum atomic E-state index is 13.0. The molecule has 0 radical (unpaired) electrons. The van der Waals surface area contributed by atoms with Crippen molar-refractivity contribution in [3.05, 3.63) is 29.2 Å². The number of nitrogens with zero attached hydrogens (tertiary/aromatic N) is 5. The Bertz CT molecular complexity index is 740. The van der Waals surface area contributed by atoms with Crippen LogP contribution in [0.4, 0.5) is 0 Å². The molecule has 1 aliphatic rings. The van der Waals surface area contributed by atoms with Gasteiger partial charge in [0.1, 0.15) is 0 Å². The number of carbonyl (C=O) groups is 1. The first kappa shape index (κ1) is 16.7. The molecule has 24 heavy (non-hydrogen) atoms. The molecule has 0 N–H and O–H groups in total. The van der Waals surface area contributed by atoms with Crippen LogP contribution in [0.15, 0.2) is 10.7 Å². The van der Waals surface area contributed by atoms with E-state index in [9.17, 15) is 4.79 Å². The van der Waals surface area contributed by atoms with E-state index >= 15 is 0 Å². The maximum absolute atomic E-state index is 13.0. The number of amides is 1. The Balaban J connectivity index is 1.79. The summed E-state index contributed by atoms with van der Waals surface area (Å²) in [6.07, 6.45) is 3.33. The molecule has 3 rings (SSSR count). The molecule has 1 amide bonds. The smallest absolute Gasteiger partial charge is 0.257 e. The van der Waals surface area contributed by atoms with Crippen LogP contribution in [0.1, 0.15) is 67.8 Å². The van der Waals surface area contributed by atoms with Crippen molar-refractivity contribution in [1.29, 1.82) is 0 Å². The molecule has 2 aromatic heterocycles. The van der Waals surface area contributed by atoms with Gasteiger partial charge in [0.15, 0.2) is 5.82 Å². The van der Waals surface area contributed by atoms with Crippen molar-refractivity contribution >= 4 is 5.91 Å². The largest absolute Gasteiger partial charge is 0.339 e. The van der Waals surface area contributed by atoms with Gasteiger partial charge >= 0.3 is 0 Å².